The number of rotatable bonds is 3. The van der Waals surface area contributed by atoms with Gasteiger partial charge in [0.25, 0.3) is 5.91 Å². The molecule has 2 heterocycles. The Morgan fingerprint density at radius 2 is 1.89 bits per heavy atom. The normalized spacial score (nSPS) is 13.3. The molecule has 2 aromatic carbocycles. The van der Waals surface area contributed by atoms with E-state index in [9.17, 15) is 14.4 Å². The third-order valence-corrected chi connectivity index (χ3v) is 5.24. The highest BCUT2D eigenvalue weighted by atomic mass is 32.2. The van der Waals surface area contributed by atoms with E-state index in [4.69, 9.17) is 9.15 Å². The van der Waals surface area contributed by atoms with Gasteiger partial charge < -0.3 is 14.1 Å². The maximum absolute atomic E-state index is 12.5. The fourth-order valence-electron chi connectivity index (χ4n) is 2.91. The molecule has 0 spiro atoms. The molecule has 1 amide bonds. The molecule has 0 saturated heterocycles. The van der Waals surface area contributed by atoms with Crippen LogP contribution >= 0.6 is 11.8 Å². The van der Waals surface area contributed by atoms with E-state index in [0.717, 1.165) is 22.4 Å². The highest BCUT2D eigenvalue weighted by Gasteiger charge is 2.24. The number of thioether (sulfide) groups is 1. The highest BCUT2D eigenvalue weighted by Crippen LogP contribution is 2.34. The van der Waals surface area contributed by atoms with Gasteiger partial charge in [0, 0.05) is 23.3 Å². The van der Waals surface area contributed by atoms with Crippen LogP contribution in [0.15, 0.2) is 68.7 Å². The topological polar surface area (TPSA) is 76.8 Å². The summed E-state index contributed by atoms with van der Waals surface area (Å²) >= 11 is 1.68. The molecule has 7 heteroatoms. The first-order valence-corrected chi connectivity index (χ1v) is 9.34. The molecule has 0 N–H and O–H groups in total. The van der Waals surface area contributed by atoms with Gasteiger partial charge in [0.05, 0.1) is 11.1 Å². The largest absolute Gasteiger partial charge is 0.450 e. The molecule has 27 heavy (non-hydrogen) atoms. The van der Waals surface area contributed by atoms with E-state index >= 15 is 0 Å². The zero-order valence-corrected chi connectivity index (χ0v) is 15.0. The Labute approximate surface area is 158 Å². The molecule has 0 aliphatic carbocycles. The van der Waals surface area contributed by atoms with Crippen molar-refractivity contribution in [1.29, 1.82) is 0 Å². The van der Waals surface area contributed by atoms with Crippen molar-refractivity contribution in [3.63, 3.8) is 0 Å². The molecule has 0 unspecified atom stereocenters. The molecule has 0 radical (unpaired) electrons. The van der Waals surface area contributed by atoms with Crippen LogP contribution in [0.25, 0.3) is 11.0 Å². The summed E-state index contributed by atoms with van der Waals surface area (Å²) in [6.45, 7) is 0.123. The van der Waals surface area contributed by atoms with Crippen LogP contribution in [0.4, 0.5) is 5.69 Å². The van der Waals surface area contributed by atoms with E-state index in [1.165, 1.54) is 0 Å². The number of esters is 1. The first-order chi connectivity index (χ1) is 13.1. The standard InChI is InChI=1S/C20H15NO5S/c22-15-11-17(26-16-7-3-1-5-13(15)16)20(24)25-12-19(23)21-9-10-27-18-8-4-2-6-14(18)21/h1-8,11H,9-10,12H2. The van der Waals surface area contributed by atoms with Crippen LogP contribution in [0.5, 0.6) is 0 Å². The molecular formula is C20H15NO5S. The van der Waals surface area contributed by atoms with Crippen molar-refractivity contribution in [3.8, 4) is 0 Å². The summed E-state index contributed by atoms with van der Waals surface area (Å²) < 4.78 is 10.5. The minimum Gasteiger partial charge on any atom is -0.450 e. The number of para-hydroxylation sites is 2. The number of amides is 1. The van der Waals surface area contributed by atoms with E-state index in [1.54, 1.807) is 40.9 Å². The fourth-order valence-corrected chi connectivity index (χ4v) is 3.90. The molecule has 1 aliphatic heterocycles. The number of nitrogens with zero attached hydrogens (tertiary/aromatic N) is 1. The lowest BCUT2D eigenvalue weighted by atomic mass is 10.2. The number of benzene rings is 2. The van der Waals surface area contributed by atoms with E-state index in [0.29, 0.717) is 17.5 Å². The molecule has 0 bridgehead atoms. The van der Waals surface area contributed by atoms with Crippen molar-refractivity contribution in [1.82, 2.24) is 0 Å². The Kier molecular flexibility index (Phi) is 4.68. The summed E-state index contributed by atoms with van der Waals surface area (Å²) in [5, 5.41) is 0.382. The quantitative estimate of drug-likeness (QED) is 0.649. The molecule has 0 saturated carbocycles. The highest BCUT2D eigenvalue weighted by molar-refractivity contribution is 7.99. The van der Waals surface area contributed by atoms with Crippen LogP contribution in [0.1, 0.15) is 10.6 Å². The Hall–Kier alpha value is -3.06. The summed E-state index contributed by atoms with van der Waals surface area (Å²) in [4.78, 5) is 39.5. The molecular weight excluding hydrogens is 366 g/mol. The van der Waals surface area contributed by atoms with Crippen molar-refractivity contribution in [2.75, 3.05) is 23.8 Å². The van der Waals surface area contributed by atoms with Gasteiger partial charge in [-0.1, -0.05) is 24.3 Å². The number of anilines is 1. The first-order valence-electron chi connectivity index (χ1n) is 8.36. The van der Waals surface area contributed by atoms with E-state index in [2.05, 4.69) is 0 Å². The lowest BCUT2D eigenvalue weighted by Crippen LogP contribution is -2.38. The second-order valence-electron chi connectivity index (χ2n) is 5.91. The summed E-state index contributed by atoms with van der Waals surface area (Å²) in [6, 6.07) is 15.3. The van der Waals surface area contributed by atoms with Crippen LogP contribution < -0.4 is 10.3 Å². The van der Waals surface area contributed by atoms with Crippen molar-refractivity contribution < 1.29 is 18.7 Å². The first kappa shape index (κ1) is 17.4. The Morgan fingerprint density at radius 1 is 1.11 bits per heavy atom. The maximum atomic E-state index is 12.5. The lowest BCUT2D eigenvalue weighted by molar-refractivity contribution is -0.121. The molecule has 0 fully saturated rings. The average molecular weight is 381 g/mol. The molecule has 1 aliphatic rings. The number of hydrogen-bond acceptors (Lipinski definition) is 6. The summed E-state index contributed by atoms with van der Waals surface area (Å²) in [7, 11) is 0. The minimum atomic E-state index is -0.842. The number of fused-ring (bicyclic) bond motifs is 2. The molecule has 3 aromatic rings. The van der Waals surface area contributed by atoms with Crippen molar-refractivity contribution in [2.45, 2.75) is 4.90 Å². The summed E-state index contributed by atoms with van der Waals surface area (Å²) in [6.07, 6.45) is 0. The van der Waals surface area contributed by atoms with E-state index in [-0.39, 0.29) is 17.1 Å². The second-order valence-corrected chi connectivity index (χ2v) is 7.05. The van der Waals surface area contributed by atoms with Crippen molar-refractivity contribution in [2.24, 2.45) is 0 Å². The molecule has 6 nitrogen and oxygen atoms in total. The number of ether oxygens (including phenoxy) is 1. The fraction of sp³-hybridized carbons (Fsp3) is 0.150. The van der Waals surface area contributed by atoms with Crippen LogP contribution in [-0.4, -0.2) is 30.8 Å². The Bertz CT molecular complexity index is 1090. The lowest BCUT2D eigenvalue weighted by Gasteiger charge is -2.28. The van der Waals surface area contributed by atoms with E-state index < -0.39 is 12.6 Å². The second kappa shape index (κ2) is 7.28. The smallest absolute Gasteiger partial charge is 0.374 e. The van der Waals surface area contributed by atoms with Gasteiger partial charge in [0.15, 0.2) is 12.0 Å². The SMILES string of the molecule is O=C(OCC(=O)N1CCSc2ccccc21)c1cc(=O)c2ccccc2o1. The van der Waals surface area contributed by atoms with Gasteiger partial charge in [-0.25, -0.2) is 4.79 Å². The number of carbonyl (C=O) groups excluding carboxylic acids is 2. The van der Waals surface area contributed by atoms with Crippen LogP contribution in [0, 0.1) is 0 Å². The molecule has 4 rings (SSSR count). The van der Waals surface area contributed by atoms with Gasteiger partial charge in [0.2, 0.25) is 5.76 Å². The zero-order chi connectivity index (χ0) is 18.8. The van der Waals surface area contributed by atoms with Gasteiger partial charge in [-0.15, -0.1) is 11.8 Å². The molecule has 1 aromatic heterocycles. The van der Waals surface area contributed by atoms with Gasteiger partial charge in [-0.05, 0) is 24.3 Å². The van der Waals surface area contributed by atoms with Gasteiger partial charge in [-0.2, -0.15) is 0 Å². The molecule has 0 atom stereocenters. The van der Waals surface area contributed by atoms with Crippen molar-refractivity contribution in [3.05, 3.63) is 70.6 Å². The van der Waals surface area contributed by atoms with Crippen LogP contribution in [0.3, 0.4) is 0 Å². The van der Waals surface area contributed by atoms with Crippen LogP contribution in [0.2, 0.25) is 0 Å². The van der Waals surface area contributed by atoms with Gasteiger partial charge >= 0.3 is 5.97 Å². The van der Waals surface area contributed by atoms with Gasteiger partial charge in [-0.3, -0.25) is 9.59 Å². The predicted molar refractivity (Wildman–Crippen MR) is 102 cm³/mol. The molecule has 136 valence electrons. The maximum Gasteiger partial charge on any atom is 0.374 e. The Morgan fingerprint density at radius 3 is 2.78 bits per heavy atom. The van der Waals surface area contributed by atoms with Gasteiger partial charge in [0.1, 0.15) is 5.58 Å². The van der Waals surface area contributed by atoms with Crippen LogP contribution in [-0.2, 0) is 9.53 Å². The van der Waals surface area contributed by atoms with Crippen molar-refractivity contribution >= 4 is 40.3 Å². The number of carbonyl (C=O) groups is 2. The predicted octanol–water partition coefficient (Wildman–Crippen LogP) is 3.09. The zero-order valence-electron chi connectivity index (χ0n) is 14.2. The number of hydrogen-bond donors (Lipinski definition) is 0. The third-order valence-electron chi connectivity index (χ3n) is 4.19. The third kappa shape index (κ3) is 3.46. The summed E-state index contributed by atoms with van der Waals surface area (Å²) in [5.41, 5.74) is 0.773. The Balaban J connectivity index is 1.49. The monoisotopic (exact) mass is 381 g/mol. The minimum absolute atomic E-state index is 0.221. The average Bonchev–Trinajstić information content (AvgIpc) is 2.71. The van der Waals surface area contributed by atoms with E-state index in [1.807, 2.05) is 24.3 Å². The summed E-state index contributed by atoms with van der Waals surface area (Å²) in [5.74, 6) is -0.609.